The molecule has 0 bridgehead atoms. The summed E-state index contributed by atoms with van der Waals surface area (Å²) in [5.41, 5.74) is 1.28. The van der Waals surface area contributed by atoms with Crippen LogP contribution in [0.1, 0.15) is 6.42 Å². The van der Waals surface area contributed by atoms with Gasteiger partial charge in [-0.3, -0.25) is 14.2 Å². The molecule has 0 aliphatic carbocycles. The summed E-state index contributed by atoms with van der Waals surface area (Å²) in [6, 6.07) is 6.80. The van der Waals surface area contributed by atoms with Gasteiger partial charge >= 0.3 is 7.60 Å². The number of nitrogens with one attached hydrogen (secondary N) is 1. The molecule has 1 fully saturated rings. The molecule has 1 atom stereocenters. The van der Waals surface area contributed by atoms with Crippen LogP contribution in [0.25, 0.3) is 0 Å². The number of morpholine rings is 1. The van der Waals surface area contributed by atoms with Crippen molar-refractivity contribution < 1.29 is 28.3 Å². The number of ether oxygens (including phenoxy) is 1. The van der Waals surface area contributed by atoms with Crippen LogP contribution in [0.2, 0.25) is 0 Å². The van der Waals surface area contributed by atoms with Crippen LogP contribution >= 0.6 is 7.60 Å². The molecule has 2 N–H and O–H groups in total. The van der Waals surface area contributed by atoms with Crippen molar-refractivity contribution >= 4 is 30.8 Å². The van der Waals surface area contributed by atoms with Crippen molar-refractivity contribution in [1.29, 1.82) is 0 Å². The lowest BCUT2D eigenvalue weighted by molar-refractivity contribution is -0.125. The maximum Gasteiger partial charge on any atom is 0.328 e. The Morgan fingerprint density at radius 1 is 1.43 bits per heavy atom. The third-order valence-electron chi connectivity index (χ3n) is 3.36. The zero-order valence-corrected chi connectivity index (χ0v) is 13.6. The summed E-state index contributed by atoms with van der Waals surface area (Å²) in [7, 11) is -2.55. The first kappa shape index (κ1) is 17.6. The van der Waals surface area contributed by atoms with Crippen LogP contribution in [0, 0.1) is 0 Å². The molecule has 1 heterocycles. The van der Waals surface area contributed by atoms with E-state index in [1.807, 2.05) is 0 Å². The Hall–Kier alpha value is -1.73. The van der Waals surface area contributed by atoms with Gasteiger partial charge in [-0.1, -0.05) is 0 Å². The molecule has 0 radical (unpaired) electrons. The van der Waals surface area contributed by atoms with Gasteiger partial charge in [-0.05, 0) is 24.3 Å². The largest absolute Gasteiger partial charge is 0.370 e. The van der Waals surface area contributed by atoms with Crippen LogP contribution < -0.4 is 10.2 Å². The molecule has 1 aromatic rings. The summed E-state index contributed by atoms with van der Waals surface area (Å²) in [4.78, 5) is 34.3. The Morgan fingerprint density at radius 3 is 2.74 bits per heavy atom. The first-order valence-corrected chi connectivity index (χ1v) is 8.83. The molecular weight excluding hydrogens is 323 g/mol. The van der Waals surface area contributed by atoms with E-state index in [1.165, 1.54) is 0 Å². The highest BCUT2D eigenvalue weighted by Gasteiger charge is 2.21. The minimum Gasteiger partial charge on any atom is -0.370 e. The molecule has 2 rings (SSSR count). The SMILES string of the molecule is COP(=O)(O)CCC(=O)Nc1ccc(N2CCOCC2=O)cc1. The van der Waals surface area contributed by atoms with Crippen molar-refractivity contribution in [1.82, 2.24) is 0 Å². The van der Waals surface area contributed by atoms with Crippen molar-refractivity contribution in [2.75, 3.05) is 43.2 Å². The molecule has 1 saturated heterocycles. The topological polar surface area (TPSA) is 105 Å². The third-order valence-corrected chi connectivity index (χ3v) is 4.71. The smallest absolute Gasteiger partial charge is 0.328 e. The monoisotopic (exact) mass is 342 g/mol. The second-order valence-electron chi connectivity index (χ2n) is 4.99. The van der Waals surface area contributed by atoms with Crippen LogP contribution in [0.4, 0.5) is 11.4 Å². The zero-order valence-electron chi connectivity index (χ0n) is 12.7. The van der Waals surface area contributed by atoms with Gasteiger partial charge in [-0.25, -0.2) is 0 Å². The van der Waals surface area contributed by atoms with E-state index < -0.39 is 7.60 Å². The van der Waals surface area contributed by atoms with Crippen LogP contribution in [0.5, 0.6) is 0 Å². The number of anilines is 2. The van der Waals surface area contributed by atoms with E-state index in [-0.39, 0.29) is 31.0 Å². The third kappa shape index (κ3) is 5.14. The first-order valence-electron chi connectivity index (χ1n) is 7.07. The molecule has 1 aliphatic rings. The molecule has 23 heavy (non-hydrogen) atoms. The fourth-order valence-corrected chi connectivity index (χ4v) is 2.74. The fourth-order valence-electron chi connectivity index (χ4n) is 2.07. The lowest BCUT2D eigenvalue weighted by Gasteiger charge is -2.26. The van der Waals surface area contributed by atoms with Crippen LogP contribution in [-0.4, -0.2) is 49.7 Å². The Bertz CT molecular complexity index is 618. The second-order valence-corrected chi connectivity index (χ2v) is 7.07. The molecule has 0 spiro atoms. The number of hydrogen-bond donors (Lipinski definition) is 2. The van der Waals surface area contributed by atoms with Gasteiger partial charge in [0.05, 0.1) is 12.8 Å². The van der Waals surface area contributed by atoms with Gasteiger partial charge in [0.1, 0.15) is 6.61 Å². The van der Waals surface area contributed by atoms with Gasteiger partial charge in [-0.15, -0.1) is 0 Å². The Morgan fingerprint density at radius 2 is 2.13 bits per heavy atom. The van der Waals surface area contributed by atoms with Gasteiger partial charge in [0.15, 0.2) is 0 Å². The lowest BCUT2D eigenvalue weighted by Crippen LogP contribution is -2.41. The van der Waals surface area contributed by atoms with Crippen molar-refractivity contribution in [3.8, 4) is 0 Å². The number of benzene rings is 1. The van der Waals surface area contributed by atoms with Gasteiger partial charge in [0.25, 0.3) is 5.91 Å². The normalized spacial score (nSPS) is 17.7. The van der Waals surface area contributed by atoms with Gasteiger partial charge in [0, 0.05) is 31.5 Å². The Labute approximate surface area is 133 Å². The molecule has 126 valence electrons. The molecule has 1 unspecified atom stereocenters. The number of carbonyl (C=O) groups excluding carboxylic acids is 2. The fraction of sp³-hybridized carbons (Fsp3) is 0.429. The molecule has 0 saturated carbocycles. The Kier molecular flexibility index (Phi) is 5.90. The van der Waals surface area contributed by atoms with E-state index in [4.69, 9.17) is 4.74 Å². The number of amides is 2. The number of rotatable bonds is 6. The lowest BCUT2D eigenvalue weighted by atomic mass is 10.2. The molecule has 8 nitrogen and oxygen atoms in total. The minimum absolute atomic E-state index is 0.0687. The van der Waals surface area contributed by atoms with E-state index >= 15 is 0 Å². The second kappa shape index (κ2) is 7.70. The van der Waals surface area contributed by atoms with Crippen LogP contribution in [0.15, 0.2) is 24.3 Å². The van der Waals surface area contributed by atoms with Crippen molar-refractivity contribution in [2.24, 2.45) is 0 Å². The summed E-state index contributed by atoms with van der Waals surface area (Å²) in [6.07, 6.45) is -0.360. The molecule has 2 amide bonds. The quantitative estimate of drug-likeness (QED) is 0.753. The zero-order chi connectivity index (χ0) is 16.9. The number of carbonyl (C=O) groups is 2. The van der Waals surface area contributed by atoms with E-state index in [0.29, 0.717) is 18.8 Å². The summed E-state index contributed by atoms with van der Waals surface area (Å²) < 4.78 is 20.8. The van der Waals surface area contributed by atoms with E-state index in [0.717, 1.165) is 12.8 Å². The molecule has 9 heteroatoms. The molecule has 0 aromatic heterocycles. The predicted octanol–water partition coefficient (Wildman–Crippen LogP) is 1.21. The maximum atomic E-state index is 11.7. The average molecular weight is 342 g/mol. The minimum atomic E-state index is -3.68. The van der Waals surface area contributed by atoms with Crippen LogP contribution in [0.3, 0.4) is 0 Å². The summed E-state index contributed by atoms with van der Waals surface area (Å²) in [6.45, 7) is 1.05. The van der Waals surface area contributed by atoms with E-state index in [9.17, 15) is 19.0 Å². The summed E-state index contributed by atoms with van der Waals surface area (Å²) in [5, 5.41) is 2.63. The van der Waals surface area contributed by atoms with Crippen molar-refractivity contribution in [2.45, 2.75) is 6.42 Å². The van der Waals surface area contributed by atoms with E-state index in [2.05, 4.69) is 9.84 Å². The standard InChI is InChI=1S/C14H19N2O6P/c1-21-23(19,20)9-6-13(17)15-11-2-4-12(5-3-11)16-7-8-22-10-14(16)18/h2-5H,6-10H2,1H3,(H,15,17)(H,19,20). The van der Waals surface area contributed by atoms with Gasteiger partial charge in [-0.2, -0.15) is 0 Å². The summed E-state index contributed by atoms with van der Waals surface area (Å²) in [5.74, 6) is -0.488. The number of hydrogen-bond acceptors (Lipinski definition) is 5. The van der Waals surface area contributed by atoms with Crippen molar-refractivity contribution in [3.05, 3.63) is 24.3 Å². The highest BCUT2D eigenvalue weighted by molar-refractivity contribution is 7.52. The Balaban J connectivity index is 1.91. The van der Waals surface area contributed by atoms with E-state index in [1.54, 1.807) is 29.2 Å². The van der Waals surface area contributed by atoms with Crippen molar-refractivity contribution in [3.63, 3.8) is 0 Å². The average Bonchev–Trinajstić information content (AvgIpc) is 2.54. The van der Waals surface area contributed by atoms with Gasteiger partial charge in [0.2, 0.25) is 5.91 Å². The predicted molar refractivity (Wildman–Crippen MR) is 84.6 cm³/mol. The first-order chi connectivity index (χ1) is 10.9. The number of nitrogens with zero attached hydrogens (tertiary/aromatic N) is 1. The summed E-state index contributed by atoms with van der Waals surface area (Å²) >= 11 is 0. The molecule has 1 aromatic carbocycles. The molecule has 1 aliphatic heterocycles. The van der Waals surface area contributed by atoms with Crippen LogP contribution in [-0.2, 0) is 23.4 Å². The highest BCUT2D eigenvalue weighted by atomic mass is 31.2. The molecular formula is C14H19N2O6P. The van der Waals surface area contributed by atoms with Gasteiger partial charge < -0.3 is 24.4 Å². The highest BCUT2D eigenvalue weighted by Crippen LogP contribution is 2.41. The maximum absolute atomic E-state index is 11.7.